The van der Waals surface area contributed by atoms with Gasteiger partial charge in [-0.15, -0.1) is 11.3 Å². The number of carbonyl (C=O) groups excluding carboxylic acids is 2. The van der Waals surface area contributed by atoms with E-state index in [2.05, 4.69) is 10.1 Å². The largest absolute Gasteiger partial charge is 0.465 e. The van der Waals surface area contributed by atoms with E-state index in [0.29, 0.717) is 16.3 Å². The second-order valence-corrected chi connectivity index (χ2v) is 5.64. The first-order valence-corrected chi connectivity index (χ1v) is 7.37. The van der Waals surface area contributed by atoms with Gasteiger partial charge in [0, 0.05) is 11.8 Å². The highest BCUT2D eigenvalue weighted by molar-refractivity contribution is 8.00. The van der Waals surface area contributed by atoms with Gasteiger partial charge in [-0.3, -0.25) is 4.79 Å². The van der Waals surface area contributed by atoms with E-state index in [0.717, 1.165) is 5.75 Å². The summed E-state index contributed by atoms with van der Waals surface area (Å²) in [5.74, 6) is 0.451. The number of thiophene rings is 1. The first-order valence-electron chi connectivity index (χ1n) is 5.33. The Morgan fingerprint density at radius 1 is 1.61 bits per heavy atom. The van der Waals surface area contributed by atoms with Crippen molar-refractivity contribution in [3.05, 3.63) is 16.3 Å². The summed E-state index contributed by atoms with van der Waals surface area (Å²) in [6, 6.07) is 1.75. The van der Waals surface area contributed by atoms with Crippen LogP contribution in [0.25, 0.3) is 0 Å². The van der Waals surface area contributed by atoms with Crippen molar-refractivity contribution in [2.45, 2.75) is 13.0 Å². The number of methoxy groups -OCH3 is 1. The number of anilines is 1. The zero-order valence-corrected chi connectivity index (χ0v) is 11.9. The van der Waals surface area contributed by atoms with E-state index in [1.165, 1.54) is 30.2 Å². The number of nitrogens with two attached hydrogens (primary N) is 1. The molecule has 0 radical (unpaired) electrons. The molecule has 0 spiro atoms. The third-order valence-corrected chi connectivity index (χ3v) is 4.05. The van der Waals surface area contributed by atoms with Gasteiger partial charge in [-0.05, 0) is 18.4 Å². The Morgan fingerprint density at radius 3 is 2.94 bits per heavy atom. The summed E-state index contributed by atoms with van der Waals surface area (Å²) in [5, 5.41) is 4.42. The molecule has 0 aliphatic rings. The summed E-state index contributed by atoms with van der Waals surface area (Å²) in [5.41, 5.74) is 6.08. The molecule has 0 fully saturated rings. The Bertz CT molecular complexity index is 418. The van der Waals surface area contributed by atoms with Gasteiger partial charge in [0.1, 0.15) is 4.88 Å². The molecule has 0 aliphatic heterocycles. The van der Waals surface area contributed by atoms with Crippen LogP contribution < -0.4 is 11.1 Å². The number of nitrogens with one attached hydrogen (secondary N) is 1. The second kappa shape index (κ2) is 7.40. The summed E-state index contributed by atoms with van der Waals surface area (Å²) >= 11 is 2.70. The molecule has 18 heavy (non-hydrogen) atoms. The van der Waals surface area contributed by atoms with E-state index in [4.69, 9.17) is 5.73 Å². The third kappa shape index (κ3) is 4.67. The SMILES string of the molecule is COC(=O)c1sccc1NC(=O)CSCC(C)N. The van der Waals surface area contributed by atoms with Crippen molar-refractivity contribution in [2.24, 2.45) is 5.73 Å². The molecule has 3 N–H and O–H groups in total. The molecule has 1 heterocycles. The van der Waals surface area contributed by atoms with Crippen LogP contribution in [0.1, 0.15) is 16.6 Å². The molecule has 0 saturated heterocycles. The van der Waals surface area contributed by atoms with E-state index in [9.17, 15) is 9.59 Å². The standard InChI is InChI=1S/C11H16N2O3S2/c1-7(12)5-17-6-9(14)13-8-3-4-18-10(8)11(15)16-2/h3-4,7H,5-6,12H2,1-2H3,(H,13,14). The normalized spacial score (nSPS) is 11.9. The lowest BCUT2D eigenvalue weighted by atomic mass is 10.4. The number of amides is 1. The van der Waals surface area contributed by atoms with Crippen molar-refractivity contribution < 1.29 is 14.3 Å². The molecule has 0 aliphatic carbocycles. The van der Waals surface area contributed by atoms with E-state index in [1.807, 2.05) is 6.92 Å². The van der Waals surface area contributed by atoms with Gasteiger partial charge in [-0.1, -0.05) is 0 Å². The molecule has 7 heteroatoms. The zero-order valence-electron chi connectivity index (χ0n) is 10.3. The summed E-state index contributed by atoms with van der Waals surface area (Å²) in [6.45, 7) is 1.89. The van der Waals surface area contributed by atoms with Crippen molar-refractivity contribution >= 4 is 40.7 Å². The van der Waals surface area contributed by atoms with Crippen molar-refractivity contribution in [2.75, 3.05) is 23.9 Å². The van der Waals surface area contributed by atoms with Crippen molar-refractivity contribution in [1.29, 1.82) is 0 Å². The van der Waals surface area contributed by atoms with Crippen molar-refractivity contribution in [3.8, 4) is 0 Å². The summed E-state index contributed by atoms with van der Waals surface area (Å²) in [4.78, 5) is 23.4. The van der Waals surface area contributed by atoms with Crippen LogP contribution in [0.3, 0.4) is 0 Å². The van der Waals surface area contributed by atoms with Crippen LogP contribution in [0.15, 0.2) is 11.4 Å². The quantitative estimate of drug-likeness (QED) is 0.776. The Morgan fingerprint density at radius 2 is 2.33 bits per heavy atom. The Labute approximate surface area is 114 Å². The Balaban J connectivity index is 2.49. The average Bonchev–Trinajstić information content (AvgIpc) is 2.75. The van der Waals surface area contributed by atoms with Gasteiger partial charge in [0.05, 0.1) is 18.6 Å². The minimum absolute atomic E-state index is 0.0644. The maximum absolute atomic E-state index is 11.6. The minimum atomic E-state index is -0.441. The number of rotatable bonds is 6. The minimum Gasteiger partial charge on any atom is -0.465 e. The second-order valence-electron chi connectivity index (χ2n) is 3.70. The van der Waals surface area contributed by atoms with Crippen LogP contribution in [0.2, 0.25) is 0 Å². The topological polar surface area (TPSA) is 81.4 Å². The highest BCUT2D eigenvalue weighted by Gasteiger charge is 2.15. The van der Waals surface area contributed by atoms with Crippen LogP contribution in [0.5, 0.6) is 0 Å². The predicted octanol–water partition coefficient (Wildman–Crippen LogP) is 1.55. The van der Waals surface area contributed by atoms with Crippen LogP contribution in [-0.2, 0) is 9.53 Å². The number of hydrogen-bond donors (Lipinski definition) is 2. The van der Waals surface area contributed by atoms with Crippen LogP contribution in [0, 0.1) is 0 Å². The molecular weight excluding hydrogens is 272 g/mol. The number of ether oxygens (including phenoxy) is 1. The van der Waals surface area contributed by atoms with Gasteiger partial charge in [0.15, 0.2) is 0 Å². The molecule has 5 nitrogen and oxygen atoms in total. The smallest absolute Gasteiger partial charge is 0.350 e. The fraction of sp³-hybridized carbons (Fsp3) is 0.455. The van der Waals surface area contributed by atoms with Crippen molar-refractivity contribution in [3.63, 3.8) is 0 Å². The number of esters is 1. The van der Waals surface area contributed by atoms with Crippen LogP contribution >= 0.6 is 23.1 Å². The van der Waals surface area contributed by atoms with Crippen molar-refractivity contribution in [1.82, 2.24) is 0 Å². The first kappa shape index (κ1) is 15.0. The summed E-state index contributed by atoms with van der Waals surface area (Å²) < 4.78 is 4.63. The molecule has 100 valence electrons. The molecular formula is C11H16N2O3S2. The van der Waals surface area contributed by atoms with E-state index < -0.39 is 5.97 Å². The lowest BCUT2D eigenvalue weighted by Gasteiger charge is -2.06. The fourth-order valence-electron chi connectivity index (χ4n) is 1.18. The molecule has 1 amide bonds. The number of carbonyl (C=O) groups is 2. The summed E-state index contributed by atoms with van der Waals surface area (Å²) in [7, 11) is 1.31. The lowest BCUT2D eigenvalue weighted by molar-refractivity contribution is -0.113. The Kier molecular flexibility index (Phi) is 6.17. The zero-order chi connectivity index (χ0) is 13.5. The molecule has 1 rings (SSSR count). The highest BCUT2D eigenvalue weighted by Crippen LogP contribution is 2.23. The third-order valence-electron chi connectivity index (χ3n) is 1.92. The molecule has 1 aromatic rings. The monoisotopic (exact) mass is 288 g/mol. The molecule has 1 unspecified atom stereocenters. The number of hydrogen-bond acceptors (Lipinski definition) is 6. The fourth-order valence-corrected chi connectivity index (χ4v) is 2.70. The van der Waals surface area contributed by atoms with Gasteiger partial charge in [-0.2, -0.15) is 11.8 Å². The summed E-state index contributed by atoms with van der Waals surface area (Å²) in [6.07, 6.45) is 0. The average molecular weight is 288 g/mol. The molecule has 0 aromatic carbocycles. The van der Waals surface area contributed by atoms with Crippen LogP contribution in [0.4, 0.5) is 5.69 Å². The van der Waals surface area contributed by atoms with Crippen LogP contribution in [-0.4, -0.2) is 36.5 Å². The lowest BCUT2D eigenvalue weighted by Crippen LogP contribution is -2.21. The molecule has 0 bridgehead atoms. The molecule has 1 atom stereocenters. The van der Waals surface area contributed by atoms with Gasteiger partial charge in [-0.25, -0.2) is 4.79 Å². The van der Waals surface area contributed by atoms with E-state index in [1.54, 1.807) is 11.4 Å². The van der Waals surface area contributed by atoms with E-state index in [-0.39, 0.29) is 11.9 Å². The number of thioether (sulfide) groups is 1. The van der Waals surface area contributed by atoms with E-state index >= 15 is 0 Å². The van der Waals surface area contributed by atoms with Gasteiger partial charge in [0.2, 0.25) is 5.91 Å². The predicted molar refractivity (Wildman–Crippen MR) is 75.3 cm³/mol. The maximum atomic E-state index is 11.6. The molecule has 0 saturated carbocycles. The first-order chi connectivity index (χ1) is 8.54. The van der Waals surface area contributed by atoms with Gasteiger partial charge in [0.25, 0.3) is 0 Å². The Hall–Kier alpha value is -1.05. The maximum Gasteiger partial charge on any atom is 0.350 e. The van der Waals surface area contributed by atoms with Gasteiger partial charge < -0.3 is 15.8 Å². The molecule has 1 aromatic heterocycles. The van der Waals surface area contributed by atoms with Gasteiger partial charge >= 0.3 is 5.97 Å². The highest BCUT2D eigenvalue weighted by atomic mass is 32.2.